The summed E-state index contributed by atoms with van der Waals surface area (Å²) in [6.45, 7) is 9.89. The molecule has 0 unspecified atom stereocenters. The van der Waals surface area contributed by atoms with E-state index in [1.807, 2.05) is 0 Å². The fourth-order valence-corrected chi connectivity index (χ4v) is 1.61. The van der Waals surface area contributed by atoms with Crippen molar-refractivity contribution < 1.29 is 5.48 Å². The Labute approximate surface area is 85.3 Å². The molecular formula is C11H18N2O. The van der Waals surface area contributed by atoms with Gasteiger partial charge in [-0.2, -0.15) is 0 Å². The SMILES string of the molecule is C=NC=NC1=CC=C(C)CC1(C)C.O. The minimum atomic E-state index is 0. The van der Waals surface area contributed by atoms with Crippen molar-refractivity contribution in [2.24, 2.45) is 15.4 Å². The third kappa shape index (κ3) is 2.92. The van der Waals surface area contributed by atoms with Crippen LogP contribution in [0.15, 0.2) is 33.4 Å². The average Bonchev–Trinajstić information content (AvgIpc) is 2.01. The normalized spacial score (nSPS) is 19.6. The molecular weight excluding hydrogens is 176 g/mol. The first-order chi connectivity index (χ1) is 6.06. The van der Waals surface area contributed by atoms with E-state index in [1.165, 1.54) is 11.9 Å². The lowest BCUT2D eigenvalue weighted by Crippen LogP contribution is -2.16. The molecule has 0 spiro atoms. The molecule has 78 valence electrons. The van der Waals surface area contributed by atoms with Gasteiger partial charge in [-0.3, -0.25) is 4.99 Å². The molecule has 0 saturated carbocycles. The zero-order valence-electron chi connectivity index (χ0n) is 9.04. The van der Waals surface area contributed by atoms with Gasteiger partial charge in [-0.15, -0.1) is 0 Å². The molecule has 0 aromatic carbocycles. The molecule has 0 atom stereocenters. The van der Waals surface area contributed by atoms with Gasteiger partial charge in [-0.1, -0.05) is 25.5 Å². The number of nitrogens with zero attached hydrogens (tertiary/aromatic N) is 2. The Morgan fingerprint density at radius 2 is 2.07 bits per heavy atom. The third-order valence-electron chi connectivity index (χ3n) is 2.22. The molecule has 3 nitrogen and oxygen atoms in total. The van der Waals surface area contributed by atoms with Gasteiger partial charge in [0.25, 0.3) is 0 Å². The van der Waals surface area contributed by atoms with Crippen LogP contribution in [-0.4, -0.2) is 18.5 Å². The van der Waals surface area contributed by atoms with Crippen LogP contribution in [0.1, 0.15) is 27.2 Å². The molecule has 0 amide bonds. The van der Waals surface area contributed by atoms with Gasteiger partial charge in [0.15, 0.2) is 0 Å². The van der Waals surface area contributed by atoms with E-state index in [4.69, 9.17) is 0 Å². The van der Waals surface area contributed by atoms with Gasteiger partial charge in [0.05, 0.1) is 0 Å². The van der Waals surface area contributed by atoms with Crippen LogP contribution in [-0.2, 0) is 0 Å². The van der Waals surface area contributed by atoms with E-state index in [9.17, 15) is 0 Å². The molecule has 0 heterocycles. The molecule has 0 aromatic heterocycles. The highest BCUT2D eigenvalue weighted by Crippen LogP contribution is 2.37. The lowest BCUT2D eigenvalue weighted by Gasteiger charge is -2.28. The smallest absolute Gasteiger partial charge is 0.114 e. The van der Waals surface area contributed by atoms with Crippen molar-refractivity contribution in [1.29, 1.82) is 0 Å². The Hall–Kier alpha value is -1.22. The number of hydrogen-bond donors (Lipinski definition) is 0. The highest BCUT2D eigenvalue weighted by molar-refractivity contribution is 5.63. The number of aliphatic imine (C=N–C) groups is 2. The summed E-state index contributed by atoms with van der Waals surface area (Å²) < 4.78 is 0. The minimum Gasteiger partial charge on any atom is -0.412 e. The minimum absolute atomic E-state index is 0. The standard InChI is InChI=1S/C11H16N2.H2O/c1-9-5-6-10(13-8-12-4)11(2,3)7-9;/h5-6,8H,4,7H2,1-3H3;1H2. The highest BCUT2D eigenvalue weighted by atomic mass is 16.0. The van der Waals surface area contributed by atoms with E-state index in [2.05, 4.69) is 49.6 Å². The largest absolute Gasteiger partial charge is 0.412 e. The zero-order valence-corrected chi connectivity index (χ0v) is 9.04. The van der Waals surface area contributed by atoms with Crippen LogP contribution in [0.5, 0.6) is 0 Å². The third-order valence-corrected chi connectivity index (χ3v) is 2.22. The molecule has 0 saturated heterocycles. The maximum atomic E-state index is 4.25. The first-order valence-electron chi connectivity index (χ1n) is 4.42. The Morgan fingerprint density at radius 3 is 2.57 bits per heavy atom. The quantitative estimate of drug-likeness (QED) is 0.478. The van der Waals surface area contributed by atoms with Crippen molar-refractivity contribution in [3.8, 4) is 0 Å². The second-order valence-electron chi connectivity index (χ2n) is 4.05. The summed E-state index contributed by atoms with van der Waals surface area (Å²) in [6, 6.07) is 0. The van der Waals surface area contributed by atoms with E-state index in [0.717, 1.165) is 12.1 Å². The predicted molar refractivity (Wildman–Crippen MR) is 61.9 cm³/mol. The van der Waals surface area contributed by atoms with Crippen molar-refractivity contribution in [3.05, 3.63) is 23.4 Å². The van der Waals surface area contributed by atoms with Gasteiger partial charge in [-0.05, 0) is 26.1 Å². The molecule has 1 aliphatic rings. The molecule has 0 aromatic rings. The van der Waals surface area contributed by atoms with Gasteiger partial charge in [0, 0.05) is 11.1 Å². The van der Waals surface area contributed by atoms with Crippen LogP contribution >= 0.6 is 0 Å². The van der Waals surface area contributed by atoms with Crippen molar-refractivity contribution in [2.75, 3.05) is 0 Å². The summed E-state index contributed by atoms with van der Waals surface area (Å²) in [5, 5.41) is 0. The fourth-order valence-electron chi connectivity index (χ4n) is 1.61. The first-order valence-corrected chi connectivity index (χ1v) is 4.42. The first kappa shape index (κ1) is 12.8. The van der Waals surface area contributed by atoms with Crippen LogP contribution in [0.3, 0.4) is 0 Å². The number of rotatable bonds is 2. The van der Waals surface area contributed by atoms with Gasteiger partial charge >= 0.3 is 0 Å². The van der Waals surface area contributed by atoms with E-state index in [-0.39, 0.29) is 10.9 Å². The topological polar surface area (TPSA) is 56.2 Å². The number of hydrogen-bond acceptors (Lipinski definition) is 1. The van der Waals surface area contributed by atoms with Crippen LogP contribution in [0.2, 0.25) is 0 Å². The van der Waals surface area contributed by atoms with Crippen molar-refractivity contribution in [2.45, 2.75) is 27.2 Å². The summed E-state index contributed by atoms with van der Waals surface area (Å²) in [5.74, 6) is 0. The molecule has 0 fully saturated rings. The summed E-state index contributed by atoms with van der Waals surface area (Å²) in [6.07, 6.45) is 6.73. The molecule has 1 aliphatic carbocycles. The maximum absolute atomic E-state index is 4.25. The Bertz CT molecular complexity index is 298. The fraction of sp³-hybridized carbons (Fsp3) is 0.455. The lowest BCUT2D eigenvalue weighted by molar-refractivity contribution is 0.432. The molecule has 0 bridgehead atoms. The van der Waals surface area contributed by atoms with Crippen LogP contribution in [0, 0.1) is 5.41 Å². The zero-order chi connectivity index (χ0) is 9.90. The van der Waals surface area contributed by atoms with Crippen molar-refractivity contribution >= 4 is 13.1 Å². The Morgan fingerprint density at radius 1 is 1.43 bits per heavy atom. The summed E-state index contributed by atoms with van der Waals surface area (Å²) in [5.41, 5.74) is 2.60. The molecule has 0 aliphatic heterocycles. The van der Waals surface area contributed by atoms with Crippen molar-refractivity contribution in [1.82, 2.24) is 0 Å². The average molecular weight is 194 g/mol. The van der Waals surface area contributed by atoms with E-state index in [0.29, 0.717) is 0 Å². The highest BCUT2D eigenvalue weighted by Gasteiger charge is 2.25. The van der Waals surface area contributed by atoms with E-state index in [1.54, 1.807) is 0 Å². The van der Waals surface area contributed by atoms with Crippen LogP contribution < -0.4 is 0 Å². The summed E-state index contributed by atoms with van der Waals surface area (Å²) >= 11 is 0. The van der Waals surface area contributed by atoms with Gasteiger partial charge < -0.3 is 5.48 Å². The molecule has 14 heavy (non-hydrogen) atoms. The molecule has 1 rings (SSSR count). The van der Waals surface area contributed by atoms with Gasteiger partial charge in [0.2, 0.25) is 0 Å². The predicted octanol–water partition coefficient (Wildman–Crippen LogP) is 2.15. The molecule has 2 N–H and O–H groups in total. The van der Waals surface area contributed by atoms with E-state index >= 15 is 0 Å². The monoisotopic (exact) mass is 194 g/mol. The van der Waals surface area contributed by atoms with Crippen LogP contribution in [0.25, 0.3) is 0 Å². The van der Waals surface area contributed by atoms with E-state index < -0.39 is 0 Å². The maximum Gasteiger partial charge on any atom is 0.114 e. The lowest BCUT2D eigenvalue weighted by atomic mass is 9.79. The second kappa shape index (κ2) is 4.86. The molecule has 0 radical (unpaired) electrons. The van der Waals surface area contributed by atoms with Gasteiger partial charge in [-0.25, -0.2) is 4.99 Å². The number of allylic oxidation sites excluding steroid dienone is 4. The Balaban J connectivity index is 0.00000169. The van der Waals surface area contributed by atoms with Gasteiger partial charge in [0.1, 0.15) is 6.34 Å². The molecule has 3 heteroatoms. The summed E-state index contributed by atoms with van der Waals surface area (Å²) in [7, 11) is 0. The Kier molecular flexibility index (Phi) is 4.44. The van der Waals surface area contributed by atoms with Crippen LogP contribution in [0.4, 0.5) is 0 Å². The summed E-state index contributed by atoms with van der Waals surface area (Å²) in [4.78, 5) is 7.86. The second-order valence-corrected chi connectivity index (χ2v) is 4.05. The van der Waals surface area contributed by atoms with Crippen molar-refractivity contribution in [3.63, 3.8) is 0 Å².